The Labute approximate surface area is 109 Å². The zero-order valence-corrected chi connectivity index (χ0v) is 13.3. The summed E-state index contributed by atoms with van der Waals surface area (Å²) < 4.78 is 0.426. The molecule has 0 spiro atoms. The van der Waals surface area contributed by atoms with Crippen LogP contribution in [-0.4, -0.2) is 13.9 Å². The van der Waals surface area contributed by atoms with Crippen LogP contribution in [0.5, 0.6) is 0 Å². The van der Waals surface area contributed by atoms with Crippen LogP contribution >= 0.6 is 63.7 Å². The van der Waals surface area contributed by atoms with Crippen molar-refractivity contribution in [3.63, 3.8) is 0 Å². The summed E-state index contributed by atoms with van der Waals surface area (Å²) in [4.78, 5) is 0.848. The first-order chi connectivity index (χ1) is 5.66. The molecule has 4 heteroatoms. The monoisotopic (exact) mass is 426 g/mol. The summed E-state index contributed by atoms with van der Waals surface area (Å²) in [6.45, 7) is 0. The van der Waals surface area contributed by atoms with Crippen LogP contribution in [0.25, 0.3) is 0 Å². The van der Waals surface area contributed by atoms with E-state index in [1.165, 1.54) is 32.1 Å². The summed E-state index contributed by atoms with van der Waals surface area (Å²) in [6.07, 6.45) is 7.15. The van der Waals surface area contributed by atoms with E-state index in [4.69, 9.17) is 0 Å². The number of halogens is 4. The fourth-order valence-corrected chi connectivity index (χ4v) is 1.70. The van der Waals surface area contributed by atoms with Crippen molar-refractivity contribution in [2.45, 2.75) is 40.7 Å². The van der Waals surface area contributed by atoms with Crippen LogP contribution < -0.4 is 0 Å². The van der Waals surface area contributed by atoms with E-state index >= 15 is 0 Å². The van der Waals surface area contributed by atoms with Gasteiger partial charge in [0.1, 0.15) is 0 Å². The largest absolute Gasteiger partial charge is 0.0907 e. The molecule has 0 bridgehead atoms. The normalized spacial score (nSPS) is 18.8. The summed E-state index contributed by atoms with van der Waals surface area (Å²) in [5.41, 5.74) is 0. The molecule has 0 N–H and O–H groups in total. The average molecular weight is 430 g/mol. The van der Waals surface area contributed by atoms with Gasteiger partial charge in [0.2, 0.25) is 0 Å². The van der Waals surface area contributed by atoms with E-state index in [2.05, 4.69) is 63.7 Å². The van der Waals surface area contributed by atoms with E-state index in [-0.39, 0.29) is 0 Å². The lowest BCUT2D eigenvalue weighted by Crippen LogP contribution is -2.02. The second-order valence-electron chi connectivity index (χ2n) is 2.78. The highest BCUT2D eigenvalue weighted by molar-refractivity contribution is 9.25. The molecule has 1 fully saturated rings. The van der Waals surface area contributed by atoms with Gasteiger partial charge < -0.3 is 0 Å². The molecule has 0 heterocycles. The summed E-state index contributed by atoms with van der Waals surface area (Å²) >= 11 is 13.3. The van der Waals surface area contributed by atoms with E-state index < -0.39 is 0 Å². The molecule has 12 heavy (non-hydrogen) atoms. The minimum atomic E-state index is 0.426. The SMILES string of the molecule is BrC1CCCCC1.BrCC(Br)Br. The Hall–Kier alpha value is 1.92. The maximum Gasteiger partial charge on any atom is 0.0794 e. The van der Waals surface area contributed by atoms with Crippen LogP contribution in [0.1, 0.15) is 32.1 Å². The third-order valence-corrected chi connectivity index (χ3v) is 5.60. The average Bonchev–Trinajstić information content (AvgIpc) is 2.07. The van der Waals surface area contributed by atoms with Gasteiger partial charge in [-0.2, -0.15) is 0 Å². The molecule has 0 aromatic heterocycles. The number of hydrogen-bond donors (Lipinski definition) is 0. The van der Waals surface area contributed by atoms with Crippen molar-refractivity contribution in [2.24, 2.45) is 0 Å². The first-order valence-electron chi connectivity index (χ1n) is 4.15. The summed E-state index contributed by atoms with van der Waals surface area (Å²) in [6, 6.07) is 0. The number of hydrogen-bond acceptors (Lipinski definition) is 0. The Morgan fingerprint density at radius 1 is 1.08 bits per heavy atom. The van der Waals surface area contributed by atoms with Crippen LogP contribution in [0.15, 0.2) is 0 Å². The minimum absolute atomic E-state index is 0.426. The first-order valence-corrected chi connectivity index (χ1v) is 8.02. The van der Waals surface area contributed by atoms with Crippen LogP contribution in [-0.2, 0) is 0 Å². The smallest absolute Gasteiger partial charge is 0.0794 e. The third-order valence-electron chi connectivity index (χ3n) is 1.65. The Morgan fingerprint density at radius 2 is 1.50 bits per heavy atom. The zero-order valence-electron chi connectivity index (χ0n) is 6.91. The van der Waals surface area contributed by atoms with Gasteiger partial charge in [-0.1, -0.05) is 83.0 Å². The topological polar surface area (TPSA) is 0 Å². The van der Waals surface area contributed by atoms with Crippen molar-refractivity contribution < 1.29 is 0 Å². The van der Waals surface area contributed by atoms with E-state index in [0.717, 1.165) is 10.2 Å². The number of alkyl halides is 4. The molecule has 74 valence electrons. The van der Waals surface area contributed by atoms with Crippen molar-refractivity contribution in [3.05, 3.63) is 0 Å². The molecule has 0 radical (unpaired) electrons. The van der Waals surface area contributed by atoms with Crippen LogP contribution in [0, 0.1) is 0 Å². The van der Waals surface area contributed by atoms with Crippen LogP contribution in [0.4, 0.5) is 0 Å². The predicted octanol–water partition coefficient (Wildman–Crippen LogP) is 5.21. The van der Waals surface area contributed by atoms with Gasteiger partial charge in [-0.05, 0) is 12.8 Å². The third kappa shape index (κ3) is 10.0. The molecule has 0 aromatic carbocycles. The van der Waals surface area contributed by atoms with Gasteiger partial charge in [0.15, 0.2) is 0 Å². The van der Waals surface area contributed by atoms with Gasteiger partial charge in [0.25, 0.3) is 0 Å². The molecule has 0 aromatic rings. The quantitative estimate of drug-likeness (QED) is 0.502. The highest BCUT2D eigenvalue weighted by Gasteiger charge is 2.07. The van der Waals surface area contributed by atoms with E-state index in [1.54, 1.807) is 0 Å². The Kier molecular flexibility index (Phi) is 11.0. The second-order valence-corrected chi connectivity index (χ2v) is 8.16. The molecule has 1 rings (SSSR count). The molecule has 0 unspecified atom stereocenters. The van der Waals surface area contributed by atoms with Crippen LogP contribution in [0.3, 0.4) is 0 Å². The maximum absolute atomic E-state index is 3.59. The Bertz CT molecular complexity index is 89.1. The summed E-state index contributed by atoms with van der Waals surface area (Å²) in [5, 5.41) is 0.951. The van der Waals surface area contributed by atoms with Gasteiger partial charge >= 0.3 is 0 Å². The molecule has 1 aliphatic rings. The van der Waals surface area contributed by atoms with Gasteiger partial charge in [0, 0.05) is 10.2 Å². The fourth-order valence-electron chi connectivity index (χ4n) is 1.05. The maximum atomic E-state index is 3.59. The number of rotatable bonds is 1. The molecule has 0 aliphatic heterocycles. The summed E-state index contributed by atoms with van der Waals surface area (Å²) in [7, 11) is 0. The van der Waals surface area contributed by atoms with Crippen molar-refractivity contribution >= 4 is 63.7 Å². The van der Waals surface area contributed by atoms with Gasteiger partial charge in [-0.25, -0.2) is 0 Å². The molecular weight excluding hydrogens is 416 g/mol. The Morgan fingerprint density at radius 3 is 1.67 bits per heavy atom. The minimum Gasteiger partial charge on any atom is -0.0907 e. The van der Waals surface area contributed by atoms with Crippen molar-refractivity contribution in [1.82, 2.24) is 0 Å². The predicted molar refractivity (Wildman–Crippen MR) is 71.2 cm³/mol. The standard InChI is InChI=1S/C6H11Br.C2H3Br3/c7-6-4-2-1-3-5-6;3-1-2(4)5/h6H,1-5H2;2H,1H2. The van der Waals surface area contributed by atoms with Crippen LogP contribution in [0.2, 0.25) is 0 Å². The summed E-state index contributed by atoms with van der Waals surface area (Å²) in [5.74, 6) is 0. The van der Waals surface area contributed by atoms with E-state index in [1.807, 2.05) is 0 Å². The molecule has 1 aliphatic carbocycles. The highest BCUT2D eigenvalue weighted by Crippen LogP contribution is 2.22. The Balaban J connectivity index is 0.000000217. The van der Waals surface area contributed by atoms with Gasteiger partial charge in [-0.3, -0.25) is 0 Å². The lowest BCUT2D eigenvalue weighted by Gasteiger charge is -2.13. The van der Waals surface area contributed by atoms with E-state index in [9.17, 15) is 0 Å². The van der Waals surface area contributed by atoms with Gasteiger partial charge in [0.05, 0.1) is 3.74 Å². The lowest BCUT2D eigenvalue weighted by molar-refractivity contribution is 0.521. The van der Waals surface area contributed by atoms with Gasteiger partial charge in [-0.15, -0.1) is 0 Å². The molecule has 1 saturated carbocycles. The fraction of sp³-hybridized carbons (Fsp3) is 1.00. The van der Waals surface area contributed by atoms with Crippen molar-refractivity contribution in [2.75, 3.05) is 5.33 Å². The van der Waals surface area contributed by atoms with Crippen molar-refractivity contribution in [3.8, 4) is 0 Å². The first kappa shape index (κ1) is 13.9. The molecule has 0 saturated heterocycles. The molecule has 0 atom stereocenters. The molecular formula is C8H14Br4. The lowest BCUT2D eigenvalue weighted by atomic mass is 10.0. The van der Waals surface area contributed by atoms with Crippen molar-refractivity contribution in [1.29, 1.82) is 0 Å². The van der Waals surface area contributed by atoms with E-state index in [0.29, 0.717) is 3.74 Å². The molecule has 0 amide bonds. The molecule has 0 nitrogen and oxygen atoms in total. The zero-order chi connectivity index (χ0) is 9.40. The highest BCUT2D eigenvalue weighted by atomic mass is 79.9. The second kappa shape index (κ2) is 9.47.